The van der Waals surface area contributed by atoms with E-state index in [-0.39, 0.29) is 5.91 Å². The van der Waals surface area contributed by atoms with Crippen molar-refractivity contribution in [1.82, 2.24) is 5.43 Å². The largest absolute Gasteiger partial charge is 0.273 e. The normalized spacial score (nSPS) is 11.4. The van der Waals surface area contributed by atoms with Crippen LogP contribution in [-0.4, -0.2) is 11.6 Å². The summed E-state index contributed by atoms with van der Waals surface area (Å²) in [6, 6.07) is 12.1. The molecular weight excluding hydrogens is 352 g/mol. The third kappa shape index (κ3) is 4.76. The molecule has 3 nitrogen and oxygen atoms in total. The molecule has 2 aromatic rings. The minimum absolute atomic E-state index is 0.106. The van der Waals surface area contributed by atoms with Crippen LogP contribution in [0.1, 0.15) is 34.7 Å². The number of hydrazone groups is 1. The van der Waals surface area contributed by atoms with Crippen molar-refractivity contribution in [2.45, 2.75) is 34.1 Å². The van der Waals surface area contributed by atoms with Crippen molar-refractivity contribution in [3.05, 3.63) is 68.7 Å². The van der Waals surface area contributed by atoms with E-state index in [2.05, 4.69) is 32.5 Å². The summed E-state index contributed by atoms with van der Waals surface area (Å²) in [5.41, 5.74) is 8.92. The second-order valence-electron chi connectivity index (χ2n) is 5.80. The predicted octanol–water partition coefficient (Wildman–Crippen LogP) is 4.46. The average molecular weight is 373 g/mol. The molecule has 0 aliphatic rings. The molecule has 0 saturated heterocycles. The summed E-state index contributed by atoms with van der Waals surface area (Å²) in [5.74, 6) is -0.106. The monoisotopic (exact) mass is 372 g/mol. The zero-order chi connectivity index (χ0) is 17.0. The molecule has 0 fully saturated rings. The molecule has 2 aromatic carbocycles. The van der Waals surface area contributed by atoms with Crippen LogP contribution in [0.25, 0.3) is 0 Å². The van der Waals surface area contributed by atoms with Gasteiger partial charge < -0.3 is 0 Å². The summed E-state index contributed by atoms with van der Waals surface area (Å²) >= 11 is 3.48. The maximum Gasteiger partial charge on any atom is 0.244 e. The smallest absolute Gasteiger partial charge is 0.244 e. The van der Waals surface area contributed by atoms with Crippen molar-refractivity contribution in [2.75, 3.05) is 0 Å². The molecule has 0 spiro atoms. The number of hydrogen-bond donors (Lipinski definition) is 1. The number of aryl methyl sites for hydroxylation is 3. The van der Waals surface area contributed by atoms with Crippen molar-refractivity contribution in [3.63, 3.8) is 0 Å². The number of nitrogens with zero attached hydrogens (tertiary/aromatic N) is 1. The fourth-order valence-corrected chi connectivity index (χ4v) is 2.58. The maximum atomic E-state index is 12.1. The van der Waals surface area contributed by atoms with Gasteiger partial charge in [-0.3, -0.25) is 4.79 Å². The molecule has 0 aromatic heterocycles. The molecule has 4 heteroatoms. The van der Waals surface area contributed by atoms with E-state index < -0.39 is 0 Å². The number of nitrogens with one attached hydrogen (secondary N) is 1. The number of rotatable bonds is 4. The Bertz CT molecular complexity index is 766. The highest BCUT2D eigenvalue weighted by molar-refractivity contribution is 9.10. The van der Waals surface area contributed by atoms with Gasteiger partial charge in [0.15, 0.2) is 0 Å². The molecule has 0 heterocycles. The van der Waals surface area contributed by atoms with Crippen LogP contribution in [0, 0.1) is 20.8 Å². The first-order valence-corrected chi connectivity index (χ1v) is 8.32. The highest BCUT2D eigenvalue weighted by atomic mass is 79.9. The second-order valence-corrected chi connectivity index (χ2v) is 6.66. The Hall–Kier alpha value is -1.94. The number of carbonyl (C=O) groups excluding carboxylic acids is 1. The number of hydrogen-bond acceptors (Lipinski definition) is 2. The van der Waals surface area contributed by atoms with Crippen molar-refractivity contribution in [1.29, 1.82) is 0 Å². The van der Waals surface area contributed by atoms with Crippen molar-refractivity contribution < 1.29 is 4.79 Å². The molecule has 120 valence electrons. The van der Waals surface area contributed by atoms with Crippen LogP contribution < -0.4 is 5.43 Å². The Morgan fingerprint density at radius 2 is 1.83 bits per heavy atom. The van der Waals surface area contributed by atoms with Crippen molar-refractivity contribution in [2.24, 2.45) is 5.10 Å². The number of carbonyl (C=O) groups is 1. The highest BCUT2D eigenvalue weighted by Gasteiger charge is 2.06. The van der Waals surface area contributed by atoms with Gasteiger partial charge in [0.2, 0.25) is 5.91 Å². The fraction of sp³-hybridized carbons (Fsp3) is 0.263. The summed E-state index contributed by atoms with van der Waals surface area (Å²) in [6.07, 6.45) is 0.336. The van der Waals surface area contributed by atoms with Crippen LogP contribution in [0.4, 0.5) is 0 Å². The fourth-order valence-electron chi connectivity index (χ4n) is 2.34. The molecule has 0 aliphatic carbocycles. The van der Waals surface area contributed by atoms with Crippen LogP contribution >= 0.6 is 15.9 Å². The lowest BCUT2D eigenvalue weighted by molar-refractivity contribution is -0.120. The highest BCUT2D eigenvalue weighted by Crippen LogP contribution is 2.17. The summed E-state index contributed by atoms with van der Waals surface area (Å²) in [4.78, 5) is 12.1. The zero-order valence-electron chi connectivity index (χ0n) is 13.9. The van der Waals surface area contributed by atoms with Gasteiger partial charge in [0, 0.05) is 4.47 Å². The Morgan fingerprint density at radius 1 is 1.09 bits per heavy atom. The van der Waals surface area contributed by atoms with E-state index in [0.29, 0.717) is 6.42 Å². The molecule has 0 bridgehead atoms. The van der Waals surface area contributed by atoms with E-state index in [0.717, 1.165) is 32.4 Å². The van der Waals surface area contributed by atoms with E-state index >= 15 is 0 Å². The van der Waals surface area contributed by atoms with Gasteiger partial charge >= 0.3 is 0 Å². The van der Waals surface area contributed by atoms with Crippen molar-refractivity contribution in [3.8, 4) is 0 Å². The number of halogens is 1. The summed E-state index contributed by atoms with van der Waals surface area (Å²) in [5, 5.41) is 4.21. The van der Waals surface area contributed by atoms with E-state index in [1.165, 1.54) is 5.56 Å². The van der Waals surface area contributed by atoms with E-state index in [1.54, 1.807) is 0 Å². The van der Waals surface area contributed by atoms with E-state index in [4.69, 9.17) is 0 Å². The Balaban J connectivity index is 2.03. The Kier molecular flexibility index (Phi) is 5.72. The molecule has 1 N–H and O–H groups in total. The third-order valence-electron chi connectivity index (χ3n) is 3.77. The minimum atomic E-state index is -0.106. The summed E-state index contributed by atoms with van der Waals surface area (Å²) in [6.45, 7) is 7.99. The lowest BCUT2D eigenvalue weighted by Gasteiger charge is -2.07. The van der Waals surface area contributed by atoms with Crippen molar-refractivity contribution >= 4 is 27.5 Å². The third-order valence-corrected chi connectivity index (χ3v) is 4.66. The summed E-state index contributed by atoms with van der Waals surface area (Å²) in [7, 11) is 0. The number of benzene rings is 2. The van der Waals surface area contributed by atoms with Crippen LogP contribution in [0.15, 0.2) is 46.0 Å². The molecule has 0 radical (unpaired) electrons. The van der Waals surface area contributed by atoms with Gasteiger partial charge in [-0.15, -0.1) is 0 Å². The zero-order valence-corrected chi connectivity index (χ0v) is 15.5. The molecule has 0 saturated carbocycles. The molecular formula is C19H21BrN2O. The van der Waals surface area contributed by atoms with Gasteiger partial charge in [-0.25, -0.2) is 5.43 Å². The first-order valence-electron chi connectivity index (χ1n) is 7.52. The van der Waals surface area contributed by atoms with Crippen LogP contribution in [0.5, 0.6) is 0 Å². The van der Waals surface area contributed by atoms with Gasteiger partial charge in [0.05, 0.1) is 12.1 Å². The first-order chi connectivity index (χ1) is 10.9. The number of amides is 1. The van der Waals surface area contributed by atoms with Gasteiger partial charge in [-0.05, 0) is 62.1 Å². The molecule has 1 amide bonds. The molecule has 2 rings (SSSR count). The van der Waals surface area contributed by atoms with Gasteiger partial charge in [0.1, 0.15) is 0 Å². The Morgan fingerprint density at radius 3 is 2.48 bits per heavy atom. The van der Waals surface area contributed by atoms with Gasteiger partial charge in [0.25, 0.3) is 0 Å². The molecule has 0 atom stereocenters. The molecule has 23 heavy (non-hydrogen) atoms. The van der Waals surface area contributed by atoms with Crippen LogP contribution in [-0.2, 0) is 11.2 Å². The SMILES string of the molecule is C/C(=N/NC(=O)Cc1ccc(C)cc1C)c1ccc(Br)c(C)c1. The predicted molar refractivity (Wildman–Crippen MR) is 98.9 cm³/mol. The minimum Gasteiger partial charge on any atom is -0.273 e. The standard InChI is InChI=1S/C19H21BrN2O/c1-12-5-6-16(13(2)9-12)11-19(23)22-21-15(4)17-7-8-18(20)14(3)10-17/h5-10H,11H2,1-4H3,(H,22,23)/b21-15-. The van der Waals surface area contributed by atoms with Gasteiger partial charge in [-0.2, -0.15) is 5.10 Å². The average Bonchev–Trinajstić information content (AvgIpc) is 2.50. The van der Waals surface area contributed by atoms with E-state index in [1.807, 2.05) is 58.0 Å². The first kappa shape index (κ1) is 17.4. The lowest BCUT2D eigenvalue weighted by atomic mass is 10.0. The second kappa shape index (κ2) is 7.55. The quantitative estimate of drug-likeness (QED) is 0.624. The van der Waals surface area contributed by atoms with Crippen LogP contribution in [0.3, 0.4) is 0 Å². The Labute approximate surface area is 145 Å². The lowest BCUT2D eigenvalue weighted by Crippen LogP contribution is -2.21. The van der Waals surface area contributed by atoms with E-state index in [9.17, 15) is 4.79 Å². The topological polar surface area (TPSA) is 41.5 Å². The van der Waals surface area contributed by atoms with Gasteiger partial charge in [-0.1, -0.05) is 45.8 Å². The molecule has 0 aliphatic heterocycles. The summed E-state index contributed by atoms with van der Waals surface area (Å²) < 4.78 is 1.06. The van der Waals surface area contributed by atoms with Crippen LogP contribution in [0.2, 0.25) is 0 Å². The maximum absolute atomic E-state index is 12.1. The molecule has 0 unspecified atom stereocenters.